The summed E-state index contributed by atoms with van der Waals surface area (Å²) in [5.41, 5.74) is 2.13. The van der Waals surface area contributed by atoms with Gasteiger partial charge in [-0.25, -0.2) is 6.57 Å². The standard InChI is InChI=1S/C11H13NO/c1-8-7-10(9(2)12-3)5-6-11(8)13-4/h5-7,9H,1-2,4H3. The van der Waals surface area contributed by atoms with Crippen molar-refractivity contribution in [3.05, 3.63) is 40.7 Å². The number of hydrogen-bond acceptors (Lipinski definition) is 1. The average molecular weight is 175 g/mol. The molecule has 68 valence electrons. The number of ether oxygens (including phenoxy) is 1. The number of rotatable bonds is 2. The molecule has 0 aromatic heterocycles. The lowest BCUT2D eigenvalue weighted by atomic mass is 10.1. The molecule has 1 aromatic rings. The normalized spacial score (nSPS) is 11.8. The van der Waals surface area contributed by atoms with E-state index in [1.165, 1.54) is 0 Å². The van der Waals surface area contributed by atoms with Crippen LogP contribution in [0.15, 0.2) is 18.2 Å². The molecule has 1 atom stereocenters. The molecule has 2 heteroatoms. The Morgan fingerprint density at radius 2 is 2.15 bits per heavy atom. The zero-order valence-electron chi connectivity index (χ0n) is 8.16. The SMILES string of the molecule is [C-]#[N+]C(C)c1ccc(OC)c(C)c1. The van der Waals surface area contributed by atoms with Crippen molar-refractivity contribution >= 4 is 0 Å². The molecule has 0 saturated carbocycles. The summed E-state index contributed by atoms with van der Waals surface area (Å²) in [4.78, 5) is 3.46. The highest BCUT2D eigenvalue weighted by Gasteiger charge is 2.09. The average Bonchev–Trinajstić information content (AvgIpc) is 2.16. The van der Waals surface area contributed by atoms with Gasteiger partial charge in [0.2, 0.25) is 6.04 Å². The quantitative estimate of drug-likeness (QED) is 0.630. The van der Waals surface area contributed by atoms with Crippen molar-refractivity contribution in [3.63, 3.8) is 0 Å². The van der Waals surface area contributed by atoms with Crippen LogP contribution in [0, 0.1) is 13.5 Å². The Kier molecular flexibility index (Phi) is 2.92. The molecule has 0 N–H and O–H groups in total. The van der Waals surface area contributed by atoms with E-state index < -0.39 is 0 Å². The van der Waals surface area contributed by atoms with Crippen molar-refractivity contribution in [2.45, 2.75) is 19.9 Å². The number of nitrogens with zero attached hydrogens (tertiary/aromatic N) is 1. The van der Waals surface area contributed by atoms with Crippen molar-refractivity contribution in [1.82, 2.24) is 0 Å². The second kappa shape index (κ2) is 3.95. The van der Waals surface area contributed by atoms with E-state index in [0.717, 1.165) is 16.9 Å². The third kappa shape index (κ3) is 2.00. The van der Waals surface area contributed by atoms with E-state index in [9.17, 15) is 0 Å². The summed E-state index contributed by atoms with van der Waals surface area (Å²) < 4.78 is 5.14. The summed E-state index contributed by atoms with van der Waals surface area (Å²) in [6.07, 6.45) is 0. The van der Waals surface area contributed by atoms with Gasteiger partial charge in [0.1, 0.15) is 5.75 Å². The monoisotopic (exact) mass is 175 g/mol. The van der Waals surface area contributed by atoms with Crippen LogP contribution in [-0.2, 0) is 0 Å². The van der Waals surface area contributed by atoms with Gasteiger partial charge in [0.05, 0.1) is 7.11 Å². The van der Waals surface area contributed by atoms with Crippen molar-refractivity contribution in [2.75, 3.05) is 7.11 Å². The first kappa shape index (κ1) is 9.60. The molecule has 0 amide bonds. The number of benzene rings is 1. The lowest BCUT2D eigenvalue weighted by Crippen LogP contribution is -1.91. The fourth-order valence-electron chi connectivity index (χ4n) is 1.24. The van der Waals surface area contributed by atoms with Crippen LogP contribution in [0.2, 0.25) is 0 Å². The van der Waals surface area contributed by atoms with Crippen LogP contribution in [0.4, 0.5) is 0 Å². The van der Waals surface area contributed by atoms with Crippen LogP contribution >= 0.6 is 0 Å². The Labute approximate surface area is 79.0 Å². The molecule has 0 aliphatic heterocycles. The Morgan fingerprint density at radius 1 is 1.46 bits per heavy atom. The van der Waals surface area contributed by atoms with Crippen LogP contribution < -0.4 is 4.74 Å². The molecular formula is C11H13NO. The first-order valence-corrected chi connectivity index (χ1v) is 4.20. The Balaban J connectivity index is 3.04. The molecule has 0 bridgehead atoms. The predicted octanol–water partition coefficient (Wildman–Crippen LogP) is 2.98. The lowest BCUT2D eigenvalue weighted by molar-refractivity contribution is 0.411. The number of aryl methyl sites for hydroxylation is 1. The Hall–Kier alpha value is -1.49. The smallest absolute Gasteiger partial charge is 0.245 e. The molecule has 0 heterocycles. The largest absolute Gasteiger partial charge is 0.496 e. The van der Waals surface area contributed by atoms with Gasteiger partial charge in [0.15, 0.2) is 0 Å². The molecule has 0 saturated heterocycles. The van der Waals surface area contributed by atoms with E-state index in [2.05, 4.69) is 4.85 Å². The summed E-state index contributed by atoms with van der Waals surface area (Å²) in [5, 5.41) is 0. The zero-order chi connectivity index (χ0) is 9.84. The molecule has 1 unspecified atom stereocenters. The maximum absolute atomic E-state index is 6.91. The van der Waals surface area contributed by atoms with Crippen molar-refractivity contribution < 1.29 is 4.74 Å². The van der Waals surface area contributed by atoms with E-state index in [0.29, 0.717) is 0 Å². The topological polar surface area (TPSA) is 13.6 Å². The first-order valence-electron chi connectivity index (χ1n) is 4.20. The highest BCUT2D eigenvalue weighted by atomic mass is 16.5. The summed E-state index contributed by atoms with van der Waals surface area (Å²) >= 11 is 0. The van der Waals surface area contributed by atoms with Crippen molar-refractivity contribution in [3.8, 4) is 5.75 Å². The molecule has 2 nitrogen and oxygen atoms in total. The Morgan fingerprint density at radius 3 is 2.62 bits per heavy atom. The van der Waals surface area contributed by atoms with Crippen LogP contribution in [0.25, 0.3) is 4.85 Å². The van der Waals surface area contributed by atoms with Crippen molar-refractivity contribution in [2.24, 2.45) is 0 Å². The van der Waals surface area contributed by atoms with Gasteiger partial charge >= 0.3 is 0 Å². The third-order valence-corrected chi connectivity index (χ3v) is 2.09. The summed E-state index contributed by atoms with van der Waals surface area (Å²) in [7, 11) is 1.65. The van der Waals surface area contributed by atoms with Gasteiger partial charge in [-0.05, 0) is 30.7 Å². The van der Waals surface area contributed by atoms with E-state index in [1.807, 2.05) is 32.0 Å². The van der Waals surface area contributed by atoms with Gasteiger partial charge in [-0.2, -0.15) is 0 Å². The lowest BCUT2D eigenvalue weighted by Gasteiger charge is -2.06. The van der Waals surface area contributed by atoms with Crippen LogP contribution in [-0.4, -0.2) is 7.11 Å². The van der Waals surface area contributed by atoms with Crippen LogP contribution in [0.5, 0.6) is 5.75 Å². The summed E-state index contributed by atoms with van der Waals surface area (Å²) in [5.74, 6) is 0.876. The van der Waals surface area contributed by atoms with Gasteiger partial charge in [-0.3, -0.25) is 0 Å². The summed E-state index contributed by atoms with van der Waals surface area (Å²) in [6.45, 7) is 10.8. The van der Waals surface area contributed by atoms with Crippen LogP contribution in [0.1, 0.15) is 24.1 Å². The number of methoxy groups -OCH3 is 1. The van der Waals surface area contributed by atoms with Gasteiger partial charge < -0.3 is 9.58 Å². The van der Waals surface area contributed by atoms with E-state index in [4.69, 9.17) is 11.3 Å². The fraction of sp³-hybridized carbons (Fsp3) is 0.364. The zero-order valence-corrected chi connectivity index (χ0v) is 8.16. The predicted molar refractivity (Wildman–Crippen MR) is 52.7 cm³/mol. The molecule has 0 aliphatic rings. The van der Waals surface area contributed by atoms with Gasteiger partial charge in [-0.1, -0.05) is 0 Å². The molecule has 13 heavy (non-hydrogen) atoms. The van der Waals surface area contributed by atoms with Gasteiger partial charge in [-0.15, -0.1) is 0 Å². The first-order chi connectivity index (χ1) is 6.19. The molecule has 0 fully saturated rings. The van der Waals surface area contributed by atoms with Gasteiger partial charge in [0, 0.05) is 12.5 Å². The second-order valence-electron chi connectivity index (χ2n) is 3.03. The van der Waals surface area contributed by atoms with Crippen LogP contribution in [0.3, 0.4) is 0 Å². The second-order valence-corrected chi connectivity index (χ2v) is 3.03. The molecular weight excluding hydrogens is 162 g/mol. The molecule has 0 spiro atoms. The van der Waals surface area contributed by atoms with E-state index in [-0.39, 0.29) is 6.04 Å². The Bertz CT molecular complexity index is 338. The highest BCUT2D eigenvalue weighted by Crippen LogP contribution is 2.23. The minimum absolute atomic E-state index is 0.0652. The van der Waals surface area contributed by atoms with E-state index in [1.54, 1.807) is 7.11 Å². The fourth-order valence-corrected chi connectivity index (χ4v) is 1.24. The number of hydrogen-bond donors (Lipinski definition) is 0. The maximum atomic E-state index is 6.91. The maximum Gasteiger partial charge on any atom is 0.245 e. The molecule has 0 aliphatic carbocycles. The third-order valence-electron chi connectivity index (χ3n) is 2.09. The van der Waals surface area contributed by atoms with Gasteiger partial charge in [0.25, 0.3) is 0 Å². The molecule has 0 radical (unpaired) electrons. The van der Waals surface area contributed by atoms with E-state index >= 15 is 0 Å². The minimum Gasteiger partial charge on any atom is -0.496 e. The summed E-state index contributed by atoms with van der Waals surface area (Å²) in [6, 6.07) is 5.78. The minimum atomic E-state index is -0.0652. The van der Waals surface area contributed by atoms with Crippen molar-refractivity contribution in [1.29, 1.82) is 0 Å². The highest BCUT2D eigenvalue weighted by molar-refractivity contribution is 5.37. The molecule has 1 rings (SSSR count). The molecule has 1 aromatic carbocycles.